The fourth-order valence-corrected chi connectivity index (χ4v) is 0.927. The van der Waals surface area contributed by atoms with E-state index < -0.39 is 8.25 Å². The van der Waals surface area contributed by atoms with Crippen molar-refractivity contribution in [2.75, 3.05) is 0 Å². The van der Waals surface area contributed by atoms with Gasteiger partial charge in [0.05, 0.1) is 0 Å². The molecule has 0 bridgehead atoms. The molecule has 0 spiro atoms. The van der Waals surface area contributed by atoms with Crippen molar-refractivity contribution < 1.29 is 40.2 Å². The topological polar surface area (TPSA) is 46.5 Å². The first kappa shape index (κ1) is 11.1. The van der Waals surface area contributed by atoms with Crippen molar-refractivity contribution in [1.29, 1.82) is 0 Å². The number of para-hydroxylation sites is 1. The maximum absolute atomic E-state index is 10.1. The third kappa shape index (κ3) is 4.52. The molecule has 1 N–H and O–H groups in total. The van der Waals surface area contributed by atoms with Crippen LogP contribution in [0.3, 0.4) is 0 Å². The molecule has 0 heterocycles. The van der Waals surface area contributed by atoms with Crippen LogP contribution in [0.15, 0.2) is 30.3 Å². The SMILES string of the molecule is O=[PH](O)Oc1ccccc1.[Zr]. The van der Waals surface area contributed by atoms with Crippen LogP contribution in [0.25, 0.3) is 0 Å². The molecule has 0 amide bonds. The molecule has 1 rings (SSSR count). The van der Waals surface area contributed by atoms with E-state index in [9.17, 15) is 4.57 Å². The van der Waals surface area contributed by atoms with Crippen molar-refractivity contribution >= 4 is 8.25 Å². The van der Waals surface area contributed by atoms with Crippen LogP contribution in [-0.2, 0) is 30.8 Å². The predicted molar refractivity (Wildman–Crippen MR) is 38.3 cm³/mol. The van der Waals surface area contributed by atoms with E-state index in [1.165, 1.54) is 0 Å². The molecule has 1 unspecified atom stereocenters. The van der Waals surface area contributed by atoms with Gasteiger partial charge in [-0.2, -0.15) is 0 Å². The Balaban J connectivity index is 0.000001000. The first-order chi connectivity index (χ1) is 4.79. The predicted octanol–water partition coefficient (Wildman–Crippen LogP) is 1.44. The summed E-state index contributed by atoms with van der Waals surface area (Å²) in [5, 5.41) is 0. The largest absolute Gasteiger partial charge is 0.426 e. The Kier molecular flexibility index (Phi) is 5.75. The zero-order chi connectivity index (χ0) is 7.40. The van der Waals surface area contributed by atoms with Gasteiger partial charge in [0.1, 0.15) is 5.75 Å². The van der Waals surface area contributed by atoms with Crippen molar-refractivity contribution in [3.05, 3.63) is 30.3 Å². The number of hydrogen-bond acceptors (Lipinski definition) is 2. The van der Waals surface area contributed by atoms with Crippen molar-refractivity contribution in [1.82, 2.24) is 0 Å². The van der Waals surface area contributed by atoms with Gasteiger partial charge in [-0.1, -0.05) is 18.2 Å². The molecule has 0 saturated heterocycles. The van der Waals surface area contributed by atoms with Crippen LogP contribution in [0.4, 0.5) is 0 Å². The molecule has 0 aliphatic carbocycles. The summed E-state index contributed by atoms with van der Waals surface area (Å²) in [7, 11) is -2.84. The smallest absolute Gasteiger partial charge is 0.365 e. The van der Waals surface area contributed by atoms with Gasteiger partial charge in [-0.25, -0.2) is 4.57 Å². The third-order valence-corrected chi connectivity index (χ3v) is 1.36. The molecule has 1 aromatic carbocycles. The number of hydrogen-bond donors (Lipinski definition) is 1. The summed E-state index contributed by atoms with van der Waals surface area (Å²) in [6.07, 6.45) is 0. The van der Waals surface area contributed by atoms with E-state index in [0.29, 0.717) is 5.75 Å². The number of benzene rings is 1. The normalized spacial score (nSPS) is 11.4. The van der Waals surface area contributed by atoms with Gasteiger partial charge in [-0.3, -0.25) is 0 Å². The molecule has 11 heavy (non-hydrogen) atoms. The summed E-state index contributed by atoms with van der Waals surface area (Å²) in [6.45, 7) is 0. The van der Waals surface area contributed by atoms with E-state index in [-0.39, 0.29) is 26.2 Å². The zero-order valence-electron chi connectivity index (χ0n) is 5.65. The van der Waals surface area contributed by atoms with Crippen LogP contribution < -0.4 is 4.52 Å². The van der Waals surface area contributed by atoms with E-state index in [1.54, 1.807) is 30.3 Å². The Bertz CT molecular complexity index is 227. The minimum absolute atomic E-state index is 0. The Morgan fingerprint density at radius 3 is 2.27 bits per heavy atom. The molecule has 0 aliphatic rings. The molecule has 0 radical (unpaired) electrons. The molecule has 3 nitrogen and oxygen atoms in total. The minimum Gasteiger partial charge on any atom is -0.426 e. The molecule has 0 aliphatic heterocycles. The van der Waals surface area contributed by atoms with Gasteiger partial charge in [0, 0.05) is 26.2 Å². The van der Waals surface area contributed by atoms with Gasteiger partial charge < -0.3 is 9.42 Å². The monoisotopic (exact) mass is 248 g/mol. The average molecular weight is 249 g/mol. The van der Waals surface area contributed by atoms with E-state index >= 15 is 0 Å². The van der Waals surface area contributed by atoms with Gasteiger partial charge in [-0.05, 0) is 12.1 Å². The molecule has 5 heteroatoms. The molecule has 0 fully saturated rings. The molecule has 0 saturated carbocycles. The Morgan fingerprint density at radius 2 is 1.82 bits per heavy atom. The standard InChI is InChI=1S/C6H7O3P.Zr/c7-10(8)9-6-4-2-1-3-5-6;/h1-5,10H,(H,7,8);. The summed E-state index contributed by atoms with van der Waals surface area (Å²) in [5.41, 5.74) is 0. The summed E-state index contributed by atoms with van der Waals surface area (Å²) in [6, 6.07) is 8.53. The fraction of sp³-hybridized carbons (Fsp3) is 0. The maximum atomic E-state index is 10.1. The van der Waals surface area contributed by atoms with E-state index in [2.05, 4.69) is 4.52 Å². The summed E-state index contributed by atoms with van der Waals surface area (Å²) >= 11 is 0. The molecule has 58 valence electrons. The van der Waals surface area contributed by atoms with Gasteiger partial charge in [-0.15, -0.1) is 0 Å². The second-order valence-electron chi connectivity index (χ2n) is 1.68. The first-order valence-corrected chi connectivity index (χ1v) is 4.01. The first-order valence-electron chi connectivity index (χ1n) is 2.75. The molecular formula is C6H7O3PZr. The van der Waals surface area contributed by atoms with Gasteiger partial charge in [0.2, 0.25) is 0 Å². The summed E-state index contributed by atoms with van der Waals surface area (Å²) in [4.78, 5) is 8.33. The minimum atomic E-state index is -2.84. The van der Waals surface area contributed by atoms with Crippen LogP contribution >= 0.6 is 8.25 Å². The fourth-order valence-electron chi connectivity index (χ4n) is 0.589. The van der Waals surface area contributed by atoms with Crippen LogP contribution in [0.2, 0.25) is 0 Å². The maximum Gasteiger partial charge on any atom is 0.365 e. The van der Waals surface area contributed by atoms with E-state index in [0.717, 1.165) is 0 Å². The Labute approximate surface area is 84.5 Å². The molecule has 1 aromatic rings. The van der Waals surface area contributed by atoms with Crippen molar-refractivity contribution in [3.8, 4) is 5.75 Å². The van der Waals surface area contributed by atoms with Crippen molar-refractivity contribution in [3.63, 3.8) is 0 Å². The zero-order valence-corrected chi connectivity index (χ0v) is 9.11. The third-order valence-electron chi connectivity index (χ3n) is 0.948. The quantitative estimate of drug-likeness (QED) is 0.807. The molecular weight excluding hydrogens is 242 g/mol. The summed E-state index contributed by atoms with van der Waals surface area (Å²) < 4.78 is 14.6. The van der Waals surface area contributed by atoms with Crippen LogP contribution in [0.5, 0.6) is 5.75 Å². The van der Waals surface area contributed by atoms with Crippen molar-refractivity contribution in [2.24, 2.45) is 0 Å². The van der Waals surface area contributed by atoms with Crippen LogP contribution in [0, 0.1) is 0 Å². The van der Waals surface area contributed by atoms with Crippen molar-refractivity contribution in [2.45, 2.75) is 0 Å². The second-order valence-corrected chi connectivity index (χ2v) is 2.42. The average Bonchev–Trinajstić information content (AvgIpc) is 1.88. The molecule has 1 atom stereocenters. The van der Waals surface area contributed by atoms with Gasteiger partial charge in [0.15, 0.2) is 0 Å². The van der Waals surface area contributed by atoms with Crippen LogP contribution in [-0.4, -0.2) is 4.89 Å². The molecule has 0 aromatic heterocycles. The van der Waals surface area contributed by atoms with Gasteiger partial charge in [0.25, 0.3) is 0 Å². The number of rotatable bonds is 2. The van der Waals surface area contributed by atoms with E-state index in [1.807, 2.05) is 0 Å². The summed E-state index contributed by atoms with van der Waals surface area (Å²) in [5.74, 6) is 0.425. The van der Waals surface area contributed by atoms with Crippen LogP contribution in [0.1, 0.15) is 0 Å². The van der Waals surface area contributed by atoms with Gasteiger partial charge >= 0.3 is 8.25 Å². The Morgan fingerprint density at radius 1 is 1.27 bits per heavy atom. The van der Waals surface area contributed by atoms with E-state index in [4.69, 9.17) is 4.89 Å². The Hall–Kier alpha value is 0.0931. The second kappa shape index (κ2) is 5.71.